The van der Waals surface area contributed by atoms with Gasteiger partial charge in [-0.05, 0) is 51.0 Å². The Morgan fingerprint density at radius 3 is 2.70 bits per heavy atom. The quantitative estimate of drug-likeness (QED) is 0.513. The summed E-state index contributed by atoms with van der Waals surface area (Å²) in [5.41, 5.74) is 1.81. The van der Waals surface area contributed by atoms with Gasteiger partial charge in [-0.15, -0.1) is 0 Å². The van der Waals surface area contributed by atoms with Gasteiger partial charge in [0.05, 0.1) is 26.2 Å². The topological polar surface area (TPSA) is 54.0 Å². The minimum atomic E-state index is -0.698. The maximum Gasteiger partial charge on any atom is 0.305 e. The van der Waals surface area contributed by atoms with E-state index in [9.17, 15) is 4.79 Å². The van der Waals surface area contributed by atoms with Gasteiger partial charge in [0.1, 0.15) is 5.60 Å². The van der Waals surface area contributed by atoms with Crippen molar-refractivity contribution in [1.82, 2.24) is 0 Å². The van der Waals surface area contributed by atoms with Crippen LogP contribution in [0.2, 0.25) is 0 Å². The molecule has 0 aromatic carbocycles. The molecule has 5 atom stereocenters. The Hall–Kier alpha value is -1.17. The third-order valence-corrected chi connectivity index (χ3v) is 6.83. The van der Waals surface area contributed by atoms with E-state index in [1.807, 2.05) is 6.92 Å². The molecule has 0 aromatic rings. The van der Waals surface area contributed by atoms with E-state index >= 15 is 0 Å². The first-order valence-electron chi connectivity index (χ1n) is 9.96. The van der Waals surface area contributed by atoms with E-state index in [0.29, 0.717) is 19.4 Å². The first-order chi connectivity index (χ1) is 12.7. The van der Waals surface area contributed by atoms with Gasteiger partial charge in [-0.1, -0.05) is 24.6 Å². The monoisotopic (exact) mass is 378 g/mol. The second-order valence-electron chi connectivity index (χ2n) is 8.98. The lowest BCUT2D eigenvalue weighted by Gasteiger charge is -2.50. The van der Waals surface area contributed by atoms with Crippen molar-refractivity contribution in [1.29, 1.82) is 0 Å². The van der Waals surface area contributed by atoms with Crippen LogP contribution in [0.1, 0.15) is 59.8 Å². The third kappa shape index (κ3) is 3.50. The van der Waals surface area contributed by atoms with Gasteiger partial charge in [0, 0.05) is 19.4 Å². The Labute approximate surface area is 163 Å². The minimum absolute atomic E-state index is 0.00696. The normalized spacial score (nSPS) is 40.1. The number of allylic oxidation sites excluding steroid dienone is 3. The lowest BCUT2D eigenvalue weighted by molar-refractivity contribution is -0.242. The van der Waals surface area contributed by atoms with Gasteiger partial charge in [-0.25, -0.2) is 0 Å². The van der Waals surface area contributed by atoms with Gasteiger partial charge in [0.15, 0.2) is 5.79 Å². The summed E-state index contributed by atoms with van der Waals surface area (Å²) in [4.78, 5) is 12.4. The van der Waals surface area contributed by atoms with Crippen LogP contribution in [0.4, 0.5) is 0 Å². The van der Waals surface area contributed by atoms with E-state index in [0.717, 1.165) is 19.3 Å². The first-order valence-corrected chi connectivity index (χ1v) is 9.96. The Bertz CT molecular complexity index is 649. The lowest BCUT2D eigenvalue weighted by Crippen LogP contribution is -2.55. The predicted octanol–water partition coefficient (Wildman–Crippen LogP) is 4.17. The highest BCUT2D eigenvalue weighted by molar-refractivity contribution is 5.70. The molecule has 0 aromatic heterocycles. The molecule has 0 bridgehead atoms. The van der Waals surface area contributed by atoms with Crippen molar-refractivity contribution in [3.63, 3.8) is 0 Å². The third-order valence-electron chi connectivity index (χ3n) is 6.83. The highest BCUT2D eigenvalue weighted by Crippen LogP contribution is 2.61. The predicted molar refractivity (Wildman–Crippen MR) is 103 cm³/mol. The van der Waals surface area contributed by atoms with Crippen LogP contribution in [0, 0.1) is 11.3 Å². The Balaban J connectivity index is 2.00. The molecule has 3 rings (SSSR count). The average molecular weight is 379 g/mol. The largest absolute Gasteiger partial charge is 0.469 e. The number of carbonyl (C=O) groups is 1. The molecule has 152 valence electrons. The molecule has 1 aliphatic carbocycles. The van der Waals surface area contributed by atoms with E-state index in [1.54, 1.807) is 7.11 Å². The fourth-order valence-electron chi connectivity index (χ4n) is 5.21. The number of ether oxygens (including phenoxy) is 4. The molecule has 1 spiro atoms. The molecule has 3 aliphatic rings. The minimum Gasteiger partial charge on any atom is -0.469 e. The molecular formula is C22H34O5. The van der Waals surface area contributed by atoms with Crippen LogP contribution in [0.25, 0.3) is 0 Å². The zero-order valence-electron chi connectivity index (χ0n) is 17.6. The number of methoxy groups -OCH3 is 2. The number of rotatable bonds is 6. The summed E-state index contributed by atoms with van der Waals surface area (Å²) in [6.07, 6.45) is 8.37. The van der Waals surface area contributed by atoms with Gasteiger partial charge >= 0.3 is 5.97 Å². The maximum atomic E-state index is 12.4. The van der Waals surface area contributed by atoms with Gasteiger partial charge < -0.3 is 18.9 Å². The molecule has 5 heteroatoms. The smallest absolute Gasteiger partial charge is 0.305 e. The highest BCUT2D eigenvalue weighted by atomic mass is 16.7. The molecule has 2 heterocycles. The van der Waals surface area contributed by atoms with Crippen molar-refractivity contribution in [2.75, 3.05) is 20.8 Å². The van der Waals surface area contributed by atoms with Crippen LogP contribution in [0.3, 0.4) is 0 Å². The molecule has 2 aliphatic heterocycles. The molecule has 27 heavy (non-hydrogen) atoms. The van der Waals surface area contributed by atoms with Crippen LogP contribution in [0.15, 0.2) is 23.3 Å². The van der Waals surface area contributed by atoms with Crippen LogP contribution in [-0.2, 0) is 23.7 Å². The van der Waals surface area contributed by atoms with E-state index in [-0.39, 0.29) is 23.4 Å². The fraction of sp³-hybridized carbons (Fsp3) is 0.773. The lowest BCUT2D eigenvalue weighted by atomic mass is 9.57. The van der Waals surface area contributed by atoms with E-state index in [1.165, 1.54) is 18.3 Å². The zero-order chi connectivity index (χ0) is 19.9. The number of hydrogen-bond acceptors (Lipinski definition) is 5. The average Bonchev–Trinajstić information content (AvgIpc) is 3.09. The van der Waals surface area contributed by atoms with Crippen molar-refractivity contribution >= 4 is 5.97 Å². The van der Waals surface area contributed by atoms with Crippen molar-refractivity contribution < 1.29 is 23.7 Å². The second-order valence-corrected chi connectivity index (χ2v) is 8.98. The molecule has 0 N–H and O–H groups in total. The van der Waals surface area contributed by atoms with Crippen LogP contribution in [0.5, 0.6) is 0 Å². The second kappa shape index (κ2) is 7.34. The van der Waals surface area contributed by atoms with Crippen LogP contribution < -0.4 is 0 Å². The molecule has 0 amide bonds. The summed E-state index contributed by atoms with van der Waals surface area (Å²) in [5.74, 6) is -0.895. The standard InChI is InChI=1S/C22H34O5/c1-15(2)8-7-10-20(3)11-9-16-14-26-18-13-21(4,25-6)27-22(16,18)17(20)12-19(23)24-5/h8-9,17-18H,7,10-14H2,1-6H3/t17-,18-,20+,21+,22+/m0/s1. The molecule has 0 unspecified atom stereocenters. The highest BCUT2D eigenvalue weighted by Gasteiger charge is 2.67. The van der Waals surface area contributed by atoms with Gasteiger partial charge in [-0.3, -0.25) is 4.79 Å². The maximum absolute atomic E-state index is 12.4. The summed E-state index contributed by atoms with van der Waals surface area (Å²) < 4.78 is 23.6. The summed E-state index contributed by atoms with van der Waals surface area (Å²) in [7, 11) is 3.13. The Kier molecular flexibility index (Phi) is 5.59. The molecule has 5 nitrogen and oxygen atoms in total. The van der Waals surface area contributed by atoms with Crippen molar-refractivity contribution in [2.45, 2.75) is 77.3 Å². The van der Waals surface area contributed by atoms with Crippen LogP contribution in [-0.4, -0.2) is 44.3 Å². The molecule has 2 fully saturated rings. The van der Waals surface area contributed by atoms with Crippen molar-refractivity contribution in [3.8, 4) is 0 Å². The Morgan fingerprint density at radius 2 is 2.07 bits per heavy atom. The van der Waals surface area contributed by atoms with E-state index in [4.69, 9.17) is 18.9 Å². The number of esters is 1. The SMILES string of the molecule is COC(=O)C[C@H]1[C@](C)(CCC=C(C)C)CC=C2CO[C@H]3C[C@](C)(OC)O[C@@]231. The van der Waals surface area contributed by atoms with E-state index in [2.05, 4.69) is 32.9 Å². The van der Waals surface area contributed by atoms with Crippen molar-refractivity contribution in [2.24, 2.45) is 11.3 Å². The fourth-order valence-corrected chi connectivity index (χ4v) is 5.21. The molecule has 0 radical (unpaired) electrons. The number of hydrogen-bond donors (Lipinski definition) is 0. The summed E-state index contributed by atoms with van der Waals surface area (Å²) in [6.45, 7) is 9.06. The Morgan fingerprint density at radius 1 is 1.33 bits per heavy atom. The molecular weight excluding hydrogens is 344 g/mol. The molecule has 2 saturated heterocycles. The summed E-state index contributed by atoms with van der Waals surface area (Å²) >= 11 is 0. The van der Waals surface area contributed by atoms with Crippen molar-refractivity contribution in [3.05, 3.63) is 23.3 Å². The zero-order valence-corrected chi connectivity index (χ0v) is 17.6. The summed E-state index contributed by atoms with van der Waals surface area (Å²) in [6, 6.07) is 0. The number of carbonyl (C=O) groups excluding carboxylic acids is 1. The molecule has 0 saturated carbocycles. The summed E-state index contributed by atoms with van der Waals surface area (Å²) in [5, 5.41) is 0. The van der Waals surface area contributed by atoms with Gasteiger partial charge in [0.25, 0.3) is 0 Å². The van der Waals surface area contributed by atoms with Gasteiger partial charge in [0.2, 0.25) is 0 Å². The van der Waals surface area contributed by atoms with Gasteiger partial charge in [-0.2, -0.15) is 0 Å². The first kappa shape index (κ1) is 20.6. The van der Waals surface area contributed by atoms with E-state index < -0.39 is 11.4 Å². The van der Waals surface area contributed by atoms with Crippen LogP contribution >= 0.6 is 0 Å².